The average Bonchev–Trinajstić information content (AvgIpc) is 3.28. The van der Waals surface area contributed by atoms with Crippen molar-refractivity contribution in [3.63, 3.8) is 0 Å². The van der Waals surface area contributed by atoms with Crippen LogP contribution in [0.25, 0.3) is 11.1 Å². The van der Waals surface area contributed by atoms with E-state index in [-0.39, 0.29) is 23.5 Å². The van der Waals surface area contributed by atoms with Crippen LogP contribution in [0.15, 0.2) is 130 Å². The molecule has 0 aliphatic carbocycles. The molecule has 0 amide bonds. The van der Waals surface area contributed by atoms with Gasteiger partial charge in [-0.1, -0.05) is 118 Å². The smallest absolute Gasteiger partial charge is 0.340 e. The third kappa shape index (κ3) is 13.9. The fourth-order valence-corrected chi connectivity index (χ4v) is 9.54. The van der Waals surface area contributed by atoms with Crippen molar-refractivity contribution in [1.82, 2.24) is 0 Å². The van der Waals surface area contributed by atoms with Crippen LogP contribution >= 0.6 is 11.8 Å². The fraction of sp³-hybridized carbons (Fsp3) is 0.392. The zero-order valence-electron chi connectivity index (χ0n) is 36.2. The molecule has 0 saturated carbocycles. The lowest BCUT2D eigenvalue weighted by molar-refractivity contribution is -0.169. The standard InChI is InChI=1S/C51H60O9S2/c1-4-6-8-9-16-31-55-36-39-23-24-41(37-58-50-22-15-17-33-57-50)47(34-39)51(59-38(3)52)46-21-14-13-20-45(46)40-25-30-48(61-44-28-26-42(27-29-44)56-32-7-5-2)49(35-40)62(53,54)60-43-18-11-10-12-19-43/h10-14,18-21,23-30,34-35,50-51H,4-9,15-17,22,31-33,36-37H2,1-3H3. The molecule has 0 spiro atoms. The number of unbranched alkanes of at least 4 members (excludes halogenated alkanes) is 5. The van der Waals surface area contributed by atoms with E-state index in [0.717, 1.165) is 72.3 Å². The third-order valence-corrected chi connectivity index (χ3v) is 13.0. The Morgan fingerprint density at radius 3 is 2.29 bits per heavy atom. The van der Waals surface area contributed by atoms with Crippen molar-refractivity contribution < 1.29 is 41.1 Å². The van der Waals surface area contributed by atoms with Gasteiger partial charge in [-0.2, -0.15) is 8.42 Å². The van der Waals surface area contributed by atoms with Crippen molar-refractivity contribution in [1.29, 1.82) is 0 Å². The quantitative estimate of drug-likeness (QED) is 0.0338. The van der Waals surface area contributed by atoms with Crippen molar-refractivity contribution in [3.8, 4) is 22.6 Å². The molecule has 1 aliphatic heterocycles. The van der Waals surface area contributed by atoms with Crippen LogP contribution in [-0.2, 0) is 47.1 Å². The predicted molar refractivity (Wildman–Crippen MR) is 244 cm³/mol. The Morgan fingerprint density at radius 1 is 0.758 bits per heavy atom. The molecule has 6 rings (SSSR count). The molecule has 2 atom stereocenters. The number of benzene rings is 5. The maximum absolute atomic E-state index is 14.3. The molecule has 2 unspecified atom stereocenters. The second-order valence-corrected chi connectivity index (χ2v) is 18.1. The summed E-state index contributed by atoms with van der Waals surface area (Å²) in [6.45, 7) is 8.31. The summed E-state index contributed by atoms with van der Waals surface area (Å²) >= 11 is 1.32. The highest BCUT2D eigenvalue weighted by atomic mass is 32.2. The molecular formula is C51H60O9S2. The van der Waals surface area contributed by atoms with E-state index in [2.05, 4.69) is 13.8 Å². The highest BCUT2D eigenvalue weighted by Gasteiger charge is 2.28. The molecule has 11 heteroatoms. The molecule has 9 nitrogen and oxygen atoms in total. The lowest BCUT2D eigenvalue weighted by Crippen LogP contribution is -2.22. The summed E-state index contributed by atoms with van der Waals surface area (Å²) in [7, 11) is -4.34. The maximum Gasteiger partial charge on any atom is 0.340 e. The van der Waals surface area contributed by atoms with Gasteiger partial charge in [0, 0.05) is 41.1 Å². The summed E-state index contributed by atoms with van der Waals surface area (Å²) in [5, 5.41) is 0. The number of carbonyl (C=O) groups excluding carboxylic acids is 1. The van der Waals surface area contributed by atoms with Gasteiger partial charge in [0.05, 0.1) is 19.8 Å². The first-order valence-electron chi connectivity index (χ1n) is 22.0. The zero-order valence-corrected chi connectivity index (χ0v) is 37.9. The number of carbonyl (C=O) groups is 1. The molecule has 0 radical (unpaired) electrons. The van der Waals surface area contributed by atoms with Crippen molar-refractivity contribution >= 4 is 27.8 Å². The van der Waals surface area contributed by atoms with Crippen molar-refractivity contribution in [2.45, 2.75) is 125 Å². The molecule has 330 valence electrons. The Labute approximate surface area is 372 Å². The molecule has 0 N–H and O–H groups in total. The summed E-state index contributed by atoms with van der Waals surface area (Å²) in [5.41, 5.74) is 4.51. The summed E-state index contributed by atoms with van der Waals surface area (Å²) in [6, 6.07) is 35.1. The first-order valence-corrected chi connectivity index (χ1v) is 24.2. The highest BCUT2D eigenvalue weighted by Crippen LogP contribution is 2.41. The van der Waals surface area contributed by atoms with Crippen LogP contribution in [0.2, 0.25) is 0 Å². The van der Waals surface area contributed by atoms with Gasteiger partial charge in [0.2, 0.25) is 0 Å². The number of ether oxygens (including phenoxy) is 5. The van der Waals surface area contributed by atoms with E-state index in [4.69, 9.17) is 27.9 Å². The minimum Gasteiger partial charge on any atom is -0.494 e. The van der Waals surface area contributed by atoms with E-state index in [0.29, 0.717) is 48.0 Å². The largest absolute Gasteiger partial charge is 0.494 e. The Morgan fingerprint density at radius 2 is 1.53 bits per heavy atom. The molecule has 1 heterocycles. The minimum absolute atomic E-state index is 0.00127. The number of rotatable bonds is 24. The van der Waals surface area contributed by atoms with E-state index >= 15 is 0 Å². The highest BCUT2D eigenvalue weighted by molar-refractivity contribution is 8.00. The molecule has 5 aromatic rings. The molecule has 1 aliphatic rings. The Kier molecular flexibility index (Phi) is 18.3. The Bertz CT molecular complexity index is 2260. The first-order chi connectivity index (χ1) is 30.2. The summed E-state index contributed by atoms with van der Waals surface area (Å²) < 4.78 is 64.8. The minimum atomic E-state index is -4.34. The predicted octanol–water partition coefficient (Wildman–Crippen LogP) is 12.6. The van der Waals surface area contributed by atoms with Gasteiger partial charge in [-0.05, 0) is 109 Å². The second kappa shape index (κ2) is 24.3. The van der Waals surface area contributed by atoms with Gasteiger partial charge in [-0.15, -0.1) is 0 Å². The van der Waals surface area contributed by atoms with Crippen LogP contribution in [0.4, 0.5) is 0 Å². The van der Waals surface area contributed by atoms with Crippen LogP contribution in [0.1, 0.15) is 113 Å². The van der Waals surface area contributed by atoms with E-state index in [1.807, 2.05) is 72.8 Å². The van der Waals surface area contributed by atoms with E-state index < -0.39 is 22.2 Å². The lowest BCUT2D eigenvalue weighted by atomic mass is 9.89. The van der Waals surface area contributed by atoms with Crippen molar-refractivity contribution in [2.24, 2.45) is 0 Å². The SMILES string of the molecule is CCCCCCCOCc1ccc(COC2CCCCO2)c(C(OC(C)=O)c2ccccc2-c2ccc(Sc3ccc(OCCCC)cc3)c(S(=O)(=O)Oc3ccccc3)c2)c1. The van der Waals surface area contributed by atoms with Gasteiger partial charge in [-0.3, -0.25) is 4.79 Å². The van der Waals surface area contributed by atoms with Crippen LogP contribution in [0, 0.1) is 0 Å². The topological polar surface area (TPSA) is 107 Å². The van der Waals surface area contributed by atoms with Crippen LogP contribution in [0.3, 0.4) is 0 Å². The molecule has 5 aromatic carbocycles. The van der Waals surface area contributed by atoms with Crippen LogP contribution in [0.5, 0.6) is 11.5 Å². The Balaban J connectivity index is 1.38. The molecular weight excluding hydrogens is 821 g/mol. The third-order valence-electron chi connectivity index (χ3n) is 10.5. The summed E-state index contributed by atoms with van der Waals surface area (Å²) in [4.78, 5) is 14.4. The van der Waals surface area contributed by atoms with E-state index in [1.54, 1.807) is 42.5 Å². The molecule has 62 heavy (non-hydrogen) atoms. The number of esters is 1. The van der Waals surface area contributed by atoms with Gasteiger partial charge in [0.15, 0.2) is 12.4 Å². The monoisotopic (exact) mass is 880 g/mol. The van der Waals surface area contributed by atoms with E-state index in [1.165, 1.54) is 37.9 Å². The molecule has 0 aromatic heterocycles. The maximum atomic E-state index is 14.3. The lowest BCUT2D eigenvalue weighted by Gasteiger charge is -2.26. The van der Waals surface area contributed by atoms with Gasteiger partial charge in [-0.25, -0.2) is 0 Å². The van der Waals surface area contributed by atoms with Gasteiger partial charge in [0.25, 0.3) is 0 Å². The van der Waals surface area contributed by atoms with Gasteiger partial charge >= 0.3 is 16.1 Å². The summed E-state index contributed by atoms with van der Waals surface area (Å²) in [5.74, 6) is 0.491. The average molecular weight is 881 g/mol. The summed E-state index contributed by atoms with van der Waals surface area (Å²) in [6.07, 6.45) is 9.40. The Hall–Kier alpha value is -4.65. The van der Waals surface area contributed by atoms with Crippen molar-refractivity contribution in [3.05, 3.63) is 138 Å². The second-order valence-electron chi connectivity index (χ2n) is 15.5. The van der Waals surface area contributed by atoms with Crippen LogP contribution in [-0.4, -0.2) is 40.5 Å². The number of hydrogen-bond donors (Lipinski definition) is 0. The van der Waals surface area contributed by atoms with Gasteiger partial charge in [0.1, 0.15) is 16.4 Å². The van der Waals surface area contributed by atoms with Crippen molar-refractivity contribution in [2.75, 3.05) is 19.8 Å². The van der Waals surface area contributed by atoms with Gasteiger partial charge < -0.3 is 27.9 Å². The van der Waals surface area contributed by atoms with E-state index in [9.17, 15) is 13.2 Å². The first kappa shape index (κ1) is 46.8. The molecule has 0 bridgehead atoms. The fourth-order valence-electron chi connectivity index (χ4n) is 7.25. The zero-order chi connectivity index (χ0) is 43.6. The van der Waals surface area contributed by atoms with Crippen LogP contribution < -0.4 is 8.92 Å². The normalized spacial score (nSPS) is 14.6. The number of para-hydroxylation sites is 1. The molecule has 1 saturated heterocycles. The number of hydrogen-bond acceptors (Lipinski definition) is 10. The molecule has 1 fully saturated rings.